The predicted molar refractivity (Wildman–Crippen MR) is 102 cm³/mol. The summed E-state index contributed by atoms with van der Waals surface area (Å²) in [5, 5.41) is 6.26. The lowest BCUT2D eigenvalue weighted by molar-refractivity contribution is 0.102. The Bertz CT molecular complexity index is 777. The van der Waals surface area contributed by atoms with Crippen LogP contribution in [0.25, 0.3) is 0 Å². The van der Waals surface area contributed by atoms with E-state index in [1.54, 1.807) is 18.3 Å². The fourth-order valence-corrected chi connectivity index (χ4v) is 5.23. The van der Waals surface area contributed by atoms with Crippen molar-refractivity contribution in [2.45, 2.75) is 52.7 Å². The second-order valence-corrected chi connectivity index (χ2v) is 8.81. The molecule has 5 rings (SSSR count). The van der Waals surface area contributed by atoms with Crippen molar-refractivity contribution in [1.82, 2.24) is 15.0 Å². The summed E-state index contributed by atoms with van der Waals surface area (Å²) < 4.78 is 5.35. The van der Waals surface area contributed by atoms with Crippen molar-refractivity contribution in [1.29, 1.82) is 0 Å². The number of piperidine rings is 1. The van der Waals surface area contributed by atoms with E-state index in [2.05, 4.69) is 26.4 Å². The molecule has 3 fully saturated rings. The number of Topliss-reactive ketones (excluding diaryl/α,β-unsaturated/α-hetero) is 1. The van der Waals surface area contributed by atoms with Gasteiger partial charge in [0.2, 0.25) is 0 Å². The van der Waals surface area contributed by atoms with Crippen molar-refractivity contribution in [3.8, 4) is 0 Å². The van der Waals surface area contributed by atoms with Gasteiger partial charge in [-0.25, -0.2) is 0 Å². The molecule has 5 heterocycles. The molecule has 3 aliphatic rings. The first-order valence-corrected chi connectivity index (χ1v) is 10.3. The van der Waals surface area contributed by atoms with Crippen molar-refractivity contribution in [2.24, 2.45) is 5.92 Å². The molecule has 2 atom stereocenters. The molecule has 2 aromatic rings. The maximum Gasteiger partial charge on any atom is 0.169 e. The topological polar surface area (TPSA) is 49.6 Å². The second-order valence-electron chi connectivity index (χ2n) is 7.90. The van der Waals surface area contributed by atoms with E-state index in [0.29, 0.717) is 6.04 Å². The highest BCUT2D eigenvalue weighted by Gasteiger charge is 2.35. The molecule has 0 aliphatic carbocycles. The number of fused-ring (bicyclic) bond motifs is 4. The van der Waals surface area contributed by atoms with Crippen LogP contribution < -0.4 is 0 Å². The molecule has 0 amide bonds. The molecule has 0 unspecified atom stereocenters. The van der Waals surface area contributed by atoms with Crippen LogP contribution in [0.2, 0.25) is 0 Å². The normalized spacial score (nSPS) is 24.1. The van der Waals surface area contributed by atoms with E-state index in [1.807, 2.05) is 13.8 Å². The van der Waals surface area contributed by atoms with E-state index in [1.165, 1.54) is 24.0 Å². The molecule has 26 heavy (non-hydrogen) atoms. The molecule has 0 N–H and O–H groups in total. The lowest BCUT2D eigenvalue weighted by Gasteiger charge is -2.36. The van der Waals surface area contributed by atoms with Gasteiger partial charge >= 0.3 is 0 Å². The molecule has 0 radical (unpaired) electrons. The van der Waals surface area contributed by atoms with Gasteiger partial charge in [-0.15, -0.1) is 11.3 Å². The predicted octanol–water partition coefficient (Wildman–Crippen LogP) is 3.65. The fourth-order valence-electron chi connectivity index (χ4n) is 4.43. The Hall–Kier alpha value is -1.50. The van der Waals surface area contributed by atoms with Crippen LogP contribution in [-0.4, -0.2) is 46.4 Å². The number of aryl methyl sites for hydroxylation is 2. The first-order valence-electron chi connectivity index (χ1n) is 9.46. The van der Waals surface area contributed by atoms with Crippen LogP contribution in [0.5, 0.6) is 0 Å². The van der Waals surface area contributed by atoms with Crippen molar-refractivity contribution in [3.05, 3.63) is 38.9 Å². The highest BCUT2D eigenvalue weighted by molar-refractivity contribution is 7.12. The van der Waals surface area contributed by atoms with Crippen LogP contribution in [0.3, 0.4) is 0 Å². The van der Waals surface area contributed by atoms with Crippen molar-refractivity contribution in [3.63, 3.8) is 0 Å². The van der Waals surface area contributed by atoms with Gasteiger partial charge in [0.05, 0.1) is 10.6 Å². The van der Waals surface area contributed by atoms with E-state index in [4.69, 9.17) is 4.52 Å². The summed E-state index contributed by atoms with van der Waals surface area (Å²) in [7, 11) is 0. The third-order valence-electron chi connectivity index (χ3n) is 5.85. The van der Waals surface area contributed by atoms with Crippen LogP contribution in [-0.2, 0) is 13.1 Å². The lowest BCUT2D eigenvalue weighted by Crippen LogP contribution is -2.43. The maximum absolute atomic E-state index is 11.6. The Morgan fingerprint density at radius 3 is 2.81 bits per heavy atom. The molecule has 5 nitrogen and oxygen atoms in total. The Morgan fingerprint density at radius 2 is 2.12 bits per heavy atom. The summed E-state index contributed by atoms with van der Waals surface area (Å²) in [6, 6.07) is 2.67. The molecule has 0 spiro atoms. The number of carbonyl (C=O) groups is 1. The lowest BCUT2D eigenvalue weighted by atomic mass is 9.94. The van der Waals surface area contributed by atoms with Gasteiger partial charge in [-0.05, 0) is 56.5 Å². The molecule has 0 saturated carbocycles. The van der Waals surface area contributed by atoms with Gasteiger partial charge in [-0.1, -0.05) is 5.16 Å². The third-order valence-corrected chi connectivity index (χ3v) is 6.93. The summed E-state index contributed by atoms with van der Waals surface area (Å²) in [4.78, 5) is 17.7. The Morgan fingerprint density at radius 1 is 1.27 bits per heavy atom. The molecule has 2 aromatic heterocycles. The van der Waals surface area contributed by atoms with Gasteiger partial charge < -0.3 is 4.52 Å². The summed E-state index contributed by atoms with van der Waals surface area (Å²) in [5.74, 6) is 1.84. The van der Waals surface area contributed by atoms with Crippen LogP contribution in [0.15, 0.2) is 16.0 Å². The summed E-state index contributed by atoms with van der Waals surface area (Å²) in [5.41, 5.74) is 3.55. The van der Waals surface area contributed by atoms with E-state index in [-0.39, 0.29) is 5.78 Å². The van der Waals surface area contributed by atoms with E-state index < -0.39 is 0 Å². The van der Waals surface area contributed by atoms with Crippen molar-refractivity contribution >= 4 is 17.1 Å². The van der Waals surface area contributed by atoms with E-state index in [0.717, 1.165) is 55.0 Å². The van der Waals surface area contributed by atoms with Gasteiger partial charge in [-0.2, -0.15) is 0 Å². The third kappa shape index (κ3) is 3.63. The summed E-state index contributed by atoms with van der Waals surface area (Å²) in [6.45, 7) is 11.0. The summed E-state index contributed by atoms with van der Waals surface area (Å²) >= 11 is 1.57. The molecule has 6 heteroatoms. The minimum Gasteiger partial charge on any atom is -0.361 e. The molecule has 140 valence electrons. The number of thiophene rings is 1. The average molecular weight is 374 g/mol. The van der Waals surface area contributed by atoms with Crippen LogP contribution >= 0.6 is 11.3 Å². The number of hydrogen-bond acceptors (Lipinski definition) is 6. The first kappa shape index (κ1) is 17.9. The van der Waals surface area contributed by atoms with Crippen LogP contribution in [0, 0.1) is 19.8 Å². The molecular formula is C20H27N3O2S. The number of aromatic nitrogens is 1. The van der Waals surface area contributed by atoms with Gasteiger partial charge in [-0.3, -0.25) is 14.6 Å². The largest absolute Gasteiger partial charge is 0.361 e. The zero-order valence-corrected chi connectivity index (χ0v) is 16.6. The molecule has 2 bridgehead atoms. The first-order chi connectivity index (χ1) is 12.5. The average Bonchev–Trinajstić information content (AvgIpc) is 3.07. The second kappa shape index (κ2) is 7.25. The molecular weight excluding hydrogens is 346 g/mol. The number of carbonyl (C=O) groups excluding carboxylic acids is 1. The van der Waals surface area contributed by atoms with Crippen molar-refractivity contribution < 1.29 is 9.32 Å². The van der Waals surface area contributed by atoms with E-state index >= 15 is 0 Å². The number of hydrogen-bond donors (Lipinski definition) is 0. The highest BCUT2D eigenvalue weighted by atomic mass is 32.1. The molecule has 0 aromatic carbocycles. The quantitative estimate of drug-likeness (QED) is 0.749. The Kier molecular flexibility index (Phi) is 4.99. The smallest absolute Gasteiger partial charge is 0.169 e. The highest BCUT2D eigenvalue weighted by Crippen LogP contribution is 2.31. The van der Waals surface area contributed by atoms with E-state index in [9.17, 15) is 4.79 Å². The van der Waals surface area contributed by atoms with Crippen LogP contribution in [0.1, 0.15) is 52.0 Å². The Balaban J connectivity index is 1.45. The van der Waals surface area contributed by atoms with Gasteiger partial charge in [0, 0.05) is 44.3 Å². The van der Waals surface area contributed by atoms with Gasteiger partial charge in [0.1, 0.15) is 5.76 Å². The fraction of sp³-hybridized carbons (Fsp3) is 0.600. The number of ketones is 1. The zero-order chi connectivity index (χ0) is 18.3. The minimum absolute atomic E-state index is 0.171. The zero-order valence-electron chi connectivity index (χ0n) is 15.8. The SMILES string of the molecule is CC(=O)c1cc(CN2C[C@H]3CC[C@@H]2CN(Cc2c(C)noc2C)C3)cs1. The maximum atomic E-state index is 11.6. The molecule has 3 saturated heterocycles. The van der Waals surface area contributed by atoms with Gasteiger partial charge in [0.25, 0.3) is 0 Å². The van der Waals surface area contributed by atoms with Gasteiger partial charge in [0.15, 0.2) is 5.78 Å². The standard InChI is InChI=1S/C20H27N3O2S/c1-13-19(15(3)25-21-13)11-22-7-16-4-5-18(10-22)23(8-16)9-17-6-20(14(2)24)26-12-17/h6,12,16,18H,4-5,7-11H2,1-3H3/t16-,18+/m0/s1. The monoisotopic (exact) mass is 373 g/mol. The minimum atomic E-state index is 0.171. The van der Waals surface area contributed by atoms with Crippen molar-refractivity contribution in [2.75, 3.05) is 19.6 Å². The number of rotatable bonds is 5. The molecule has 3 aliphatic heterocycles. The summed E-state index contributed by atoms with van der Waals surface area (Å²) in [6.07, 6.45) is 2.59. The number of nitrogens with zero attached hydrogens (tertiary/aromatic N) is 3. The Labute approximate surface area is 159 Å². The van der Waals surface area contributed by atoms with Crippen LogP contribution in [0.4, 0.5) is 0 Å².